The van der Waals surface area contributed by atoms with Crippen molar-refractivity contribution in [3.05, 3.63) is 40.6 Å². The topological polar surface area (TPSA) is 79.0 Å². The van der Waals surface area contributed by atoms with Gasteiger partial charge in [-0.25, -0.2) is 4.79 Å². The molecule has 2 heterocycles. The standard InChI is InChI=1S/C13H13BrN4O2/c14-8-1-2-12-10(5-8)11(3-4-20-12)18-13(19)17-9-6-15-16-7-9/h1-2,5-7,11H,3-4H2,(H,15,16)(H2,17,18,19)/t11-/m1/s1. The van der Waals surface area contributed by atoms with Crippen LogP contribution in [0.2, 0.25) is 0 Å². The summed E-state index contributed by atoms with van der Waals surface area (Å²) < 4.78 is 6.55. The number of carbonyl (C=O) groups excluding carboxylic acids is 1. The Bertz CT molecular complexity index is 615. The van der Waals surface area contributed by atoms with Crippen molar-refractivity contribution in [2.45, 2.75) is 12.5 Å². The van der Waals surface area contributed by atoms with E-state index in [1.54, 1.807) is 12.4 Å². The Hall–Kier alpha value is -2.02. The fourth-order valence-electron chi connectivity index (χ4n) is 2.16. The molecule has 7 heteroatoms. The van der Waals surface area contributed by atoms with Crippen LogP contribution in [0.5, 0.6) is 5.75 Å². The van der Waals surface area contributed by atoms with Gasteiger partial charge in [0, 0.05) is 22.7 Å². The van der Waals surface area contributed by atoms with E-state index in [0.717, 1.165) is 22.2 Å². The number of benzene rings is 1. The average molecular weight is 337 g/mol. The number of rotatable bonds is 2. The number of urea groups is 1. The molecule has 1 aromatic heterocycles. The van der Waals surface area contributed by atoms with Gasteiger partial charge in [-0.1, -0.05) is 15.9 Å². The number of carbonyl (C=O) groups is 1. The summed E-state index contributed by atoms with van der Waals surface area (Å²) in [6, 6.07) is 5.47. The second kappa shape index (κ2) is 5.54. The Morgan fingerprint density at radius 2 is 2.40 bits per heavy atom. The summed E-state index contributed by atoms with van der Waals surface area (Å²) in [7, 11) is 0. The highest BCUT2D eigenvalue weighted by Crippen LogP contribution is 2.34. The minimum absolute atomic E-state index is 0.0665. The second-order valence-corrected chi connectivity index (χ2v) is 5.37. The molecule has 0 bridgehead atoms. The molecule has 1 aromatic carbocycles. The number of fused-ring (bicyclic) bond motifs is 1. The summed E-state index contributed by atoms with van der Waals surface area (Å²) in [5, 5.41) is 12.1. The Morgan fingerprint density at radius 3 is 3.20 bits per heavy atom. The number of hydrogen-bond donors (Lipinski definition) is 3. The van der Waals surface area contributed by atoms with Crippen LogP contribution in [0.4, 0.5) is 10.5 Å². The summed E-state index contributed by atoms with van der Waals surface area (Å²) >= 11 is 3.44. The normalized spacial score (nSPS) is 16.9. The van der Waals surface area contributed by atoms with Crippen molar-refractivity contribution in [3.8, 4) is 5.75 Å². The molecule has 0 radical (unpaired) electrons. The molecule has 0 saturated carbocycles. The van der Waals surface area contributed by atoms with Crippen LogP contribution in [-0.2, 0) is 0 Å². The first kappa shape index (κ1) is 13.0. The van der Waals surface area contributed by atoms with Gasteiger partial charge in [0.05, 0.1) is 24.5 Å². The number of amides is 2. The highest BCUT2D eigenvalue weighted by Gasteiger charge is 2.23. The molecular formula is C13H13BrN4O2. The average Bonchev–Trinajstić information content (AvgIpc) is 2.92. The summed E-state index contributed by atoms with van der Waals surface area (Å²) in [5.41, 5.74) is 1.61. The molecule has 104 valence electrons. The van der Waals surface area contributed by atoms with Crippen molar-refractivity contribution in [1.29, 1.82) is 0 Å². The van der Waals surface area contributed by atoms with Gasteiger partial charge >= 0.3 is 6.03 Å². The van der Waals surface area contributed by atoms with Crippen molar-refractivity contribution in [1.82, 2.24) is 15.5 Å². The van der Waals surface area contributed by atoms with Crippen molar-refractivity contribution in [2.24, 2.45) is 0 Å². The number of aromatic amines is 1. The predicted molar refractivity (Wildman–Crippen MR) is 77.7 cm³/mol. The molecule has 1 atom stereocenters. The first-order chi connectivity index (χ1) is 9.72. The van der Waals surface area contributed by atoms with E-state index in [-0.39, 0.29) is 12.1 Å². The van der Waals surface area contributed by atoms with Gasteiger partial charge < -0.3 is 15.4 Å². The Kier molecular flexibility index (Phi) is 3.60. The Labute approximate surface area is 124 Å². The van der Waals surface area contributed by atoms with Crippen LogP contribution in [0, 0.1) is 0 Å². The monoisotopic (exact) mass is 336 g/mol. The van der Waals surface area contributed by atoms with Crippen LogP contribution in [0.15, 0.2) is 35.1 Å². The van der Waals surface area contributed by atoms with Gasteiger partial charge in [-0.3, -0.25) is 5.10 Å². The largest absolute Gasteiger partial charge is 0.493 e. The molecule has 0 aliphatic carbocycles. The maximum atomic E-state index is 12.0. The summed E-state index contributed by atoms with van der Waals surface area (Å²) in [6.45, 7) is 0.589. The van der Waals surface area contributed by atoms with Crippen LogP contribution < -0.4 is 15.4 Å². The maximum Gasteiger partial charge on any atom is 0.319 e. The fraction of sp³-hybridized carbons (Fsp3) is 0.231. The van der Waals surface area contributed by atoms with E-state index in [2.05, 4.69) is 36.8 Å². The van der Waals surface area contributed by atoms with Crippen LogP contribution >= 0.6 is 15.9 Å². The fourth-order valence-corrected chi connectivity index (χ4v) is 2.54. The molecule has 0 fully saturated rings. The molecule has 0 saturated heterocycles. The number of H-pyrrole nitrogens is 1. The van der Waals surface area contributed by atoms with E-state index in [9.17, 15) is 4.79 Å². The molecule has 0 unspecified atom stereocenters. The van der Waals surface area contributed by atoms with Gasteiger partial charge in [-0.15, -0.1) is 0 Å². The van der Waals surface area contributed by atoms with Crippen LogP contribution in [0.1, 0.15) is 18.0 Å². The van der Waals surface area contributed by atoms with Gasteiger partial charge in [0.25, 0.3) is 0 Å². The highest BCUT2D eigenvalue weighted by atomic mass is 79.9. The van der Waals surface area contributed by atoms with E-state index >= 15 is 0 Å². The smallest absolute Gasteiger partial charge is 0.319 e. The van der Waals surface area contributed by atoms with Gasteiger partial charge in [-0.05, 0) is 18.2 Å². The minimum Gasteiger partial charge on any atom is -0.493 e. The molecule has 1 aliphatic heterocycles. The third-order valence-corrected chi connectivity index (χ3v) is 3.57. The molecule has 3 rings (SSSR count). The third-order valence-electron chi connectivity index (χ3n) is 3.07. The zero-order valence-electron chi connectivity index (χ0n) is 10.5. The van der Waals surface area contributed by atoms with Crippen LogP contribution in [0.25, 0.3) is 0 Å². The number of anilines is 1. The minimum atomic E-state index is -0.260. The molecular weight excluding hydrogens is 324 g/mol. The van der Waals surface area contributed by atoms with Crippen LogP contribution in [0.3, 0.4) is 0 Å². The maximum absolute atomic E-state index is 12.0. The number of nitrogens with zero attached hydrogens (tertiary/aromatic N) is 1. The number of hydrogen-bond acceptors (Lipinski definition) is 3. The Morgan fingerprint density at radius 1 is 1.50 bits per heavy atom. The lowest BCUT2D eigenvalue weighted by Gasteiger charge is -2.26. The zero-order valence-corrected chi connectivity index (χ0v) is 12.1. The summed E-state index contributed by atoms with van der Waals surface area (Å²) in [4.78, 5) is 12.0. The van der Waals surface area contributed by atoms with E-state index < -0.39 is 0 Å². The molecule has 20 heavy (non-hydrogen) atoms. The highest BCUT2D eigenvalue weighted by molar-refractivity contribution is 9.10. The second-order valence-electron chi connectivity index (χ2n) is 4.46. The van der Waals surface area contributed by atoms with Crippen LogP contribution in [-0.4, -0.2) is 22.8 Å². The van der Waals surface area contributed by atoms with E-state index in [4.69, 9.17) is 4.74 Å². The van der Waals surface area contributed by atoms with E-state index in [0.29, 0.717) is 12.3 Å². The zero-order chi connectivity index (χ0) is 13.9. The number of ether oxygens (including phenoxy) is 1. The molecule has 2 aromatic rings. The summed E-state index contributed by atoms with van der Waals surface area (Å²) in [5.74, 6) is 0.813. The molecule has 3 N–H and O–H groups in total. The predicted octanol–water partition coefficient (Wildman–Crippen LogP) is 2.82. The number of nitrogens with one attached hydrogen (secondary N) is 3. The first-order valence-corrected chi connectivity index (χ1v) is 7.00. The van der Waals surface area contributed by atoms with Gasteiger partial charge in [0.2, 0.25) is 0 Å². The quantitative estimate of drug-likeness (QED) is 0.788. The SMILES string of the molecule is O=C(Nc1cn[nH]c1)N[C@@H]1CCOc2ccc(Br)cc21. The molecule has 2 amide bonds. The van der Waals surface area contributed by atoms with Crippen molar-refractivity contribution in [2.75, 3.05) is 11.9 Å². The Balaban J connectivity index is 1.72. The van der Waals surface area contributed by atoms with E-state index in [1.807, 2.05) is 18.2 Å². The van der Waals surface area contributed by atoms with Crippen molar-refractivity contribution in [3.63, 3.8) is 0 Å². The van der Waals surface area contributed by atoms with Gasteiger partial charge in [-0.2, -0.15) is 5.10 Å². The lowest BCUT2D eigenvalue weighted by atomic mass is 10.0. The molecule has 1 aliphatic rings. The lowest BCUT2D eigenvalue weighted by Crippen LogP contribution is -2.35. The van der Waals surface area contributed by atoms with Crippen molar-refractivity contribution < 1.29 is 9.53 Å². The number of aromatic nitrogens is 2. The number of halogens is 1. The van der Waals surface area contributed by atoms with Crippen molar-refractivity contribution >= 4 is 27.6 Å². The first-order valence-electron chi connectivity index (χ1n) is 6.21. The molecule has 0 spiro atoms. The van der Waals surface area contributed by atoms with Gasteiger partial charge in [0.15, 0.2) is 0 Å². The lowest BCUT2D eigenvalue weighted by molar-refractivity contribution is 0.232. The van der Waals surface area contributed by atoms with E-state index in [1.165, 1.54) is 0 Å². The van der Waals surface area contributed by atoms with Gasteiger partial charge in [0.1, 0.15) is 5.75 Å². The molecule has 6 nitrogen and oxygen atoms in total. The third kappa shape index (κ3) is 2.77. The summed E-state index contributed by atoms with van der Waals surface area (Å²) in [6.07, 6.45) is 3.91.